The van der Waals surface area contributed by atoms with Crippen molar-refractivity contribution >= 4 is 26.2 Å². The van der Waals surface area contributed by atoms with Crippen molar-refractivity contribution in [2.24, 2.45) is 0 Å². The number of hydrogen-bond acceptors (Lipinski definition) is 0. The SMILES string of the molecule is C1=C\C=C\C=C\[CH]=[In]\[CH]=C/1. The molecule has 0 aromatic carbocycles. The number of allylic oxidation sites excluding steroid dienone is 7. The first-order valence-electron chi connectivity index (χ1n) is 3.33. The molecule has 0 amide bonds. The summed E-state index contributed by atoms with van der Waals surface area (Å²) in [5.74, 6) is 0. The van der Waals surface area contributed by atoms with Crippen LogP contribution in [0, 0.1) is 0 Å². The zero-order chi connectivity index (χ0) is 7.07. The van der Waals surface area contributed by atoms with E-state index in [-0.39, 0.29) is 0 Å². The Kier molecular flexibility index (Phi) is 4.28. The van der Waals surface area contributed by atoms with Gasteiger partial charge in [-0.3, -0.25) is 0 Å². The van der Waals surface area contributed by atoms with Crippen molar-refractivity contribution < 1.29 is 0 Å². The van der Waals surface area contributed by atoms with Gasteiger partial charge in [0.05, 0.1) is 0 Å². The van der Waals surface area contributed by atoms with Gasteiger partial charge in [0.25, 0.3) is 0 Å². The van der Waals surface area contributed by atoms with Crippen LogP contribution in [0.1, 0.15) is 0 Å². The predicted octanol–water partition coefficient (Wildman–Crippen LogP) is 1.69. The molecule has 0 aromatic rings. The molecule has 0 aliphatic carbocycles. The molecule has 1 aliphatic heterocycles. The monoisotopic (exact) mass is 232 g/mol. The van der Waals surface area contributed by atoms with Gasteiger partial charge in [-0.1, -0.05) is 0 Å². The van der Waals surface area contributed by atoms with Gasteiger partial charge in [0.15, 0.2) is 0 Å². The van der Waals surface area contributed by atoms with Crippen LogP contribution < -0.4 is 0 Å². The van der Waals surface area contributed by atoms with Gasteiger partial charge in [-0.05, 0) is 0 Å². The second-order valence-corrected chi connectivity index (χ2v) is 5.22. The number of rotatable bonds is 0. The Hall–Kier alpha value is -0.300. The Balaban J connectivity index is 2.70. The molecule has 1 heterocycles. The van der Waals surface area contributed by atoms with Crippen molar-refractivity contribution in [1.82, 2.24) is 0 Å². The van der Waals surface area contributed by atoms with Gasteiger partial charge in [0, 0.05) is 0 Å². The summed E-state index contributed by atoms with van der Waals surface area (Å²) in [6.45, 7) is 0. The maximum absolute atomic E-state index is 2.32. The van der Waals surface area contributed by atoms with Crippen LogP contribution in [-0.4, -0.2) is 26.2 Å². The summed E-state index contributed by atoms with van der Waals surface area (Å²) in [6.07, 6.45) is 14.6. The van der Waals surface area contributed by atoms with Crippen LogP contribution in [0.15, 0.2) is 46.4 Å². The first-order valence-corrected chi connectivity index (χ1v) is 7.14. The van der Waals surface area contributed by atoms with E-state index in [2.05, 4.69) is 44.0 Å². The second-order valence-electron chi connectivity index (χ2n) is 1.92. The standard InChI is InChI=1S/C9H9.In/c1-3-5-7-9-8-6-4-2;/h1-9H;/b3-1?,6-4+,7-5-,9-8+;. The molecule has 0 saturated heterocycles. The Labute approximate surface area is 72.5 Å². The van der Waals surface area contributed by atoms with Crippen molar-refractivity contribution in [3.8, 4) is 0 Å². The molecule has 0 unspecified atom stereocenters. The third kappa shape index (κ3) is 3.67. The zero-order valence-electron chi connectivity index (χ0n) is 5.77. The molecule has 48 valence electrons. The van der Waals surface area contributed by atoms with Gasteiger partial charge in [-0.25, -0.2) is 0 Å². The summed E-state index contributed by atoms with van der Waals surface area (Å²) in [4.78, 5) is 0. The average molecular weight is 232 g/mol. The first kappa shape index (κ1) is 7.80. The second kappa shape index (κ2) is 5.48. The van der Waals surface area contributed by atoms with E-state index in [1.807, 2.05) is 6.08 Å². The van der Waals surface area contributed by atoms with Crippen LogP contribution in [0.25, 0.3) is 0 Å². The molecule has 0 radical (unpaired) electrons. The van der Waals surface area contributed by atoms with Gasteiger partial charge in [0.1, 0.15) is 0 Å². The first-order chi connectivity index (χ1) is 5.00. The van der Waals surface area contributed by atoms with E-state index in [0.717, 1.165) is 0 Å². The van der Waals surface area contributed by atoms with E-state index in [4.69, 9.17) is 0 Å². The van der Waals surface area contributed by atoms with Crippen LogP contribution in [0.3, 0.4) is 0 Å². The Bertz CT molecular complexity index is 139. The summed E-state index contributed by atoms with van der Waals surface area (Å²) in [5.41, 5.74) is 0. The Morgan fingerprint density at radius 2 is 1.20 bits per heavy atom. The van der Waals surface area contributed by atoms with Crippen molar-refractivity contribution in [3.05, 3.63) is 46.4 Å². The third-order valence-corrected chi connectivity index (χ3v) is 3.65. The summed E-state index contributed by atoms with van der Waals surface area (Å²) in [5, 5.41) is 0. The van der Waals surface area contributed by atoms with Crippen molar-refractivity contribution in [3.63, 3.8) is 0 Å². The topological polar surface area (TPSA) is 0 Å². The van der Waals surface area contributed by atoms with Crippen LogP contribution in [0.4, 0.5) is 0 Å². The molecule has 0 nitrogen and oxygen atoms in total. The fourth-order valence-electron chi connectivity index (χ4n) is 0.642. The molecule has 0 N–H and O–H groups in total. The van der Waals surface area contributed by atoms with Crippen molar-refractivity contribution in [2.75, 3.05) is 0 Å². The van der Waals surface area contributed by atoms with Gasteiger partial charge in [-0.2, -0.15) is 0 Å². The number of hydrogen-bond donors (Lipinski definition) is 0. The fraction of sp³-hybridized carbons (Fsp3) is 0. The Morgan fingerprint density at radius 1 is 0.600 bits per heavy atom. The quantitative estimate of drug-likeness (QED) is 0.596. The van der Waals surface area contributed by atoms with E-state index in [1.165, 1.54) is 0 Å². The van der Waals surface area contributed by atoms with Crippen LogP contribution >= 0.6 is 0 Å². The molecular weight excluding hydrogens is 223 g/mol. The summed E-state index contributed by atoms with van der Waals surface area (Å²) in [6, 6.07) is 0. The molecule has 0 atom stereocenters. The van der Waals surface area contributed by atoms with Crippen molar-refractivity contribution in [1.29, 1.82) is 0 Å². The van der Waals surface area contributed by atoms with E-state index < -0.39 is 22.4 Å². The molecule has 1 heteroatoms. The zero-order valence-corrected chi connectivity index (χ0v) is 9.07. The van der Waals surface area contributed by atoms with Gasteiger partial charge < -0.3 is 0 Å². The van der Waals surface area contributed by atoms with Crippen LogP contribution in [-0.2, 0) is 0 Å². The third-order valence-electron chi connectivity index (χ3n) is 1.11. The molecule has 0 saturated carbocycles. The maximum atomic E-state index is 2.32. The minimum atomic E-state index is -0.463. The molecular formula is C9H9In. The predicted molar refractivity (Wildman–Crippen MR) is 48.4 cm³/mol. The van der Waals surface area contributed by atoms with Gasteiger partial charge in [-0.15, -0.1) is 0 Å². The van der Waals surface area contributed by atoms with Crippen molar-refractivity contribution in [2.45, 2.75) is 0 Å². The summed E-state index contributed by atoms with van der Waals surface area (Å²) < 4.78 is 4.63. The fourth-order valence-corrected chi connectivity index (χ4v) is 2.47. The summed E-state index contributed by atoms with van der Waals surface area (Å²) >= 11 is -0.463. The minimum absolute atomic E-state index is 0.463. The van der Waals surface area contributed by atoms with Gasteiger partial charge >= 0.3 is 72.5 Å². The molecule has 1 aliphatic rings. The molecule has 1 rings (SSSR count). The summed E-state index contributed by atoms with van der Waals surface area (Å²) in [7, 11) is 0. The molecule has 0 fully saturated rings. The van der Waals surface area contributed by atoms with E-state index in [1.54, 1.807) is 0 Å². The van der Waals surface area contributed by atoms with Gasteiger partial charge in [0.2, 0.25) is 0 Å². The Morgan fingerprint density at radius 3 is 2.00 bits per heavy atom. The molecule has 0 spiro atoms. The van der Waals surface area contributed by atoms with E-state index >= 15 is 0 Å². The van der Waals surface area contributed by atoms with Crippen LogP contribution in [0.2, 0.25) is 0 Å². The average Bonchev–Trinajstić information content (AvgIpc) is 2.01. The van der Waals surface area contributed by atoms with E-state index in [9.17, 15) is 0 Å². The normalized spacial score (nSPS) is 30.4. The van der Waals surface area contributed by atoms with E-state index in [0.29, 0.717) is 0 Å². The molecule has 0 bridgehead atoms. The molecule has 10 heavy (non-hydrogen) atoms. The van der Waals surface area contributed by atoms with Crippen LogP contribution in [0.5, 0.6) is 0 Å². The molecule has 0 aromatic heterocycles.